The summed E-state index contributed by atoms with van der Waals surface area (Å²) in [5.41, 5.74) is 0.842. The zero-order chi connectivity index (χ0) is 18.9. The van der Waals surface area contributed by atoms with Crippen molar-refractivity contribution >= 4 is 46.3 Å². The molecule has 5 nitrogen and oxygen atoms in total. The summed E-state index contributed by atoms with van der Waals surface area (Å²) in [6.07, 6.45) is 3.96. The third-order valence-electron chi connectivity index (χ3n) is 3.68. The Kier molecular flexibility index (Phi) is 8.12. The first-order valence-electron chi connectivity index (χ1n) is 8.69. The van der Waals surface area contributed by atoms with Gasteiger partial charge in [-0.1, -0.05) is 55.5 Å². The molecule has 1 aliphatic heterocycles. The standard InChI is InChI=1S/C19H23NO4S2/c1-3-5-12-24-15-9-7-6-8-14(15)13-16-18(22)20(19(25)26-16)11-10-17(21)23-4-2/h6-9,13H,3-5,10-12H2,1-2H3/b16-13+. The number of amides is 1. The molecule has 26 heavy (non-hydrogen) atoms. The monoisotopic (exact) mass is 393 g/mol. The third-order valence-corrected chi connectivity index (χ3v) is 5.06. The number of benzene rings is 1. The molecule has 0 radical (unpaired) electrons. The molecule has 1 aromatic rings. The van der Waals surface area contributed by atoms with Crippen LogP contribution < -0.4 is 4.74 Å². The molecule has 1 aliphatic rings. The van der Waals surface area contributed by atoms with Gasteiger partial charge < -0.3 is 9.47 Å². The van der Waals surface area contributed by atoms with Crippen LogP contribution in [0.15, 0.2) is 29.2 Å². The average Bonchev–Trinajstić information content (AvgIpc) is 2.88. The van der Waals surface area contributed by atoms with Gasteiger partial charge in [-0.3, -0.25) is 14.5 Å². The van der Waals surface area contributed by atoms with Gasteiger partial charge in [-0.05, 0) is 25.5 Å². The van der Waals surface area contributed by atoms with Gasteiger partial charge in [-0.25, -0.2) is 0 Å². The van der Waals surface area contributed by atoms with Crippen molar-refractivity contribution in [1.29, 1.82) is 0 Å². The summed E-state index contributed by atoms with van der Waals surface area (Å²) in [4.78, 5) is 26.1. The van der Waals surface area contributed by atoms with E-state index in [1.807, 2.05) is 24.3 Å². The van der Waals surface area contributed by atoms with E-state index in [1.165, 1.54) is 16.7 Å². The van der Waals surface area contributed by atoms with Crippen LogP contribution in [0.4, 0.5) is 0 Å². The summed E-state index contributed by atoms with van der Waals surface area (Å²) >= 11 is 6.53. The number of carbonyl (C=O) groups excluding carboxylic acids is 2. The molecular formula is C19H23NO4S2. The zero-order valence-corrected chi connectivity index (χ0v) is 16.7. The lowest BCUT2D eigenvalue weighted by atomic mass is 10.2. The fraction of sp³-hybridized carbons (Fsp3) is 0.421. The number of para-hydroxylation sites is 1. The third kappa shape index (κ3) is 5.57. The Hall–Kier alpha value is -1.86. The topological polar surface area (TPSA) is 55.8 Å². The molecule has 1 amide bonds. The Morgan fingerprint density at radius 3 is 2.81 bits per heavy atom. The molecule has 0 aromatic heterocycles. The molecule has 0 unspecified atom stereocenters. The van der Waals surface area contributed by atoms with Crippen molar-refractivity contribution < 1.29 is 19.1 Å². The largest absolute Gasteiger partial charge is 0.493 e. The van der Waals surface area contributed by atoms with Crippen molar-refractivity contribution in [2.45, 2.75) is 33.1 Å². The Bertz CT molecular complexity index is 703. The molecule has 140 valence electrons. The van der Waals surface area contributed by atoms with E-state index in [-0.39, 0.29) is 24.8 Å². The number of unbranched alkanes of at least 4 members (excludes halogenated alkanes) is 1. The van der Waals surface area contributed by atoms with E-state index in [2.05, 4.69) is 6.92 Å². The molecule has 0 spiro atoms. The summed E-state index contributed by atoms with van der Waals surface area (Å²) in [6, 6.07) is 7.61. The van der Waals surface area contributed by atoms with Crippen LogP contribution in [0.5, 0.6) is 5.75 Å². The molecule has 0 atom stereocenters. The second kappa shape index (κ2) is 10.3. The van der Waals surface area contributed by atoms with Crippen LogP contribution in [0, 0.1) is 0 Å². The van der Waals surface area contributed by atoms with Gasteiger partial charge in [0.1, 0.15) is 10.1 Å². The summed E-state index contributed by atoms with van der Waals surface area (Å²) in [5, 5.41) is 0. The lowest BCUT2D eigenvalue weighted by molar-refractivity contribution is -0.143. The first-order valence-corrected chi connectivity index (χ1v) is 9.92. The minimum Gasteiger partial charge on any atom is -0.493 e. The highest BCUT2D eigenvalue weighted by Crippen LogP contribution is 2.34. The van der Waals surface area contributed by atoms with Crippen LogP contribution in [-0.2, 0) is 14.3 Å². The normalized spacial score (nSPS) is 15.6. The molecule has 0 saturated carbocycles. The van der Waals surface area contributed by atoms with Gasteiger partial charge in [0.15, 0.2) is 0 Å². The van der Waals surface area contributed by atoms with Crippen LogP contribution in [-0.4, -0.2) is 40.9 Å². The van der Waals surface area contributed by atoms with Crippen LogP contribution in [0.1, 0.15) is 38.7 Å². The molecule has 0 N–H and O–H groups in total. The molecule has 1 saturated heterocycles. The van der Waals surface area contributed by atoms with Crippen LogP contribution in [0.25, 0.3) is 6.08 Å². The van der Waals surface area contributed by atoms with E-state index in [0.29, 0.717) is 22.4 Å². The molecule has 0 bridgehead atoms. The predicted octanol–water partition coefficient (Wildman–Crippen LogP) is 4.02. The minimum atomic E-state index is -0.333. The van der Waals surface area contributed by atoms with Crippen LogP contribution in [0.2, 0.25) is 0 Å². The number of carbonyl (C=O) groups is 2. The highest BCUT2D eigenvalue weighted by molar-refractivity contribution is 8.26. The van der Waals surface area contributed by atoms with Gasteiger partial charge in [0.2, 0.25) is 0 Å². The molecular weight excluding hydrogens is 370 g/mol. The van der Waals surface area contributed by atoms with Gasteiger partial charge in [0, 0.05) is 12.1 Å². The molecule has 1 aromatic carbocycles. The second-order valence-electron chi connectivity index (χ2n) is 5.63. The Labute approximate surface area is 163 Å². The quantitative estimate of drug-likeness (QED) is 0.273. The van der Waals surface area contributed by atoms with Crippen molar-refractivity contribution in [3.05, 3.63) is 34.7 Å². The van der Waals surface area contributed by atoms with Crippen molar-refractivity contribution in [2.75, 3.05) is 19.8 Å². The molecule has 7 heteroatoms. The highest BCUT2D eigenvalue weighted by atomic mass is 32.2. The van der Waals surface area contributed by atoms with Gasteiger partial charge in [0.05, 0.1) is 24.5 Å². The van der Waals surface area contributed by atoms with Gasteiger partial charge in [-0.2, -0.15) is 0 Å². The second-order valence-corrected chi connectivity index (χ2v) is 7.30. The summed E-state index contributed by atoms with van der Waals surface area (Å²) in [6.45, 7) is 5.06. The van der Waals surface area contributed by atoms with Crippen LogP contribution >= 0.6 is 24.0 Å². The molecule has 2 rings (SSSR count). The van der Waals surface area contributed by atoms with Gasteiger partial charge in [0.25, 0.3) is 5.91 Å². The van der Waals surface area contributed by atoms with Crippen molar-refractivity contribution in [2.24, 2.45) is 0 Å². The number of hydrogen-bond acceptors (Lipinski definition) is 6. The number of thioether (sulfide) groups is 1. The Morgan fingerprint density at radius 1 is 1.31 bits per heavy atom. The maximum Gasteiger partial charge on any atom is 0.307 e. The van der Waals surface area contributed by atoms with E-state index in [0.717, 1.165) is 24.2 Å². The molecule has 0 aliphatic carbocycles. The van der Waals surface area contributed by atoms with E-state index >= 15 is 0 Å². The first-order chi connectivity index (χ1) is 12.6. The number of thiocarbonyl (C=S) groups is 1. The van der Waals surface area contributed by atoms with Crippen molar-refractivity contribution in [3.63, 3.8) is 0 Å². The molecule has 1 fully saturated rings. The van der Waals surface area contributed by atoms with E-state index in [9.17, 15) is 9.59 Å². The number of ether oxygens (including phenoxy) is 2. The number of nitrogens with zero attached hydrogens (tertiary/aromatic N) is 1. The summed E-state index contributed by atoms with van der Waals surface area (Å²) in [7, 11) is 0. The fourth-order valence-electron chi connectivity index (χ4n) is 2.33. The number of hydrogen-bond donors (Lipinski definition) is 0. The smallest absolute Gasteiger partial charge is 0.307 e. The van der Waals surface area contributed by atoms with Crippen molar-refractivity contribution in [1.82, 2.24) is 4.90 Å². The minimum absolute atomic E-state index is 0.129. The predicted molar refractivity (Wildman–Crippen MR) is 108 cm³/mol. The van der Waals surface area contributed by atoms with E-state index in [1.54, 1.807) is 13.0 Å². The fourth-order valence-corrected chi connectivity index (χ4v) is 3.63. The Morgan fingerprint density at radius 2 is 2.08 bits per heavy atom. The zero-order valence-electron chi connectivity index (χ0n) is 15.0. The lowest BCUT2D eigenvalue weighted by Crippen LogP contribution is -2.30. The summed E-state index contributed by atoms with van der Waals surface area (Å²) < 4.78 is 11.2. The van der Waals surface area contributed by atoms with Gasteiger partial charge >= 0.3 is 5.97 Å². The molecule has 1 heterocycles. The Balaban J connectivity index is 2.08. The van der Waals surface area contributed by atoms with E-state index < -0.39 is 0 Å². The first kappa shape index (κ1) is 20.5. The van der Waals surface area contributed by atoms with Crippen LogP contribution in [0.3, 0.4) is 0 Å². The average molecular weight is 394 g/mol. The number of esters is 1. The SMILES string of the molecule is CCCCOc1ccccc1/C=C1/SC(=S)N(CCC(=O)OCC)C1=O. The lowest BCUT2D eigenvalue weighted by Gasteiger charge is -2.13. The number of rotatable bonds is 9. The maximum absolute atomic E-state index is 12.6. The maximum atomic E-state index is 12.6. The van der Waals surface area contributed by atoms with E-state index in [4.69, 9.17) is 21.7 Å². The van der Waals surface area contributed by atoms with Gasteiger partial charge in [-0.15, -0.1) is 0 Å². The highest BCUT2D eigenvalue weighted by Gasteiger charge is 2.32. The van der Waals surface area contributed by atoms with Crippen molar-refractivity contribution in [3.8, 4) is 5.75 Å². The summed E-state index contributed by atoms with van der Waals surface area (Å²) in [5.74, 6) is 0.227.